The van der Waals surface area contributed by atoms with Crippen molar-refractivity contribution in [1.29, 1.82) is 0 Å². The van der Waals surface area contributed by atoms with Crippen LogP contribution < -0.4 is 0 Å². The zero-order valence-electron chi connectivity index (χ0n) is 4.69. The molecule has 0 atom stereocenters. The summed E-state index contributed by atoms with van der Waals surface area (Å²) in [6.45, 7) is 0.140. The van der Waals surface area contributed by atoms with Crippen LogP contribution in [0.1, 0.15) is 5.56 Å². The quantitative estimate of drug-likeness (QED) is 0.462. The van der Waals surface area contributed by atoms with Crippen LogP contribution in [0.2, 0.25) is 0 Å². The largest absolute Gasteiger partial charge is 0.251 e. The molecule has 0 radical (unpaired) electrons. The van der Waals surface area contributed by atoms with Crippen molar-refractivity contribution >= 4 is 0 Å². The second kappa shape index (κ2) is 3.11. The van der Waals surface area contributed by atoms with E-state index in [1.807, 2.05) is 0 Å². The van der Waals surface area contributed by atoms with E-state index in [0.717, 1.165) is 5.56 Å². The van der Waals surface area contributed by atoms with Crippen molar-refractivity contribution in [1.82, 2.24) is 9.97 Å². The maximum absolute atomic E-state index is 7.96. The number of rotatable bonds is 2. The Morgan fingerprint density at radius 2 is 2.11 bits per heavy atom. The van der Waals surface area contributed by atoms with Crippen molar-refractivity contribution in [3.05, 3.63) is 24.3 Å². The highest BCUT2D eigenvalue weighted by Gasteiger charge is 1.88. The molecule has 0 amide bonds. The molecule has 1 N–H and O–H groups in total. The fraction of sp³-hybridized carbons (Fsp3) is 0.200. The fourth-order valence-corrected chi connectivity index (χ4v) is 0.479. The fourth-order valence-electron chi connectivity index (χ4n) is 0.479. The number of hydrogen-bond acceptors (Lipinski definition) is 4. The smallest absolute Gasteiger partial charge is 0.115 e. The molecule has 1 heterocycles. The lowest BCUT2D eigenvalue weighted by molar-refractivity contribution is -0.253. The molecular formula is C5H6N2O2. The molecule has 0 aliphatic heterocycles. The molecule has 0 aliphatic carbocycles. The van der Waals surface area contributed by atoms with E-state index in [9.17, 15) is 0 Å². The van der Waals surface area contributed by atoms with Crippen LogP contribution >= 0.6 is 0 Å². The minimum atomic E-state index is 0.140. The summed E-state index contributed by atoms with van der Waals surface area (Å²) >= 11 is 0. The minimum Gasteiger partial charge on any atom is -0.251 e. The molecule has 1 aromatic rings. The summed E-state index contributed by atoms with van der Waals surface area (Å²) in [6.07, 6.45) is 4.56. The lowest BCUT2D eigenvalue weighted by Crippen LogP contribution is -1.88. The number of hydrogen-bond donors (Lipinski definition) is 1. The molecule has 0 spiro atoms. The Hall–Kier alpha value is -1.00. The van der Waals surface area contributed by atoms with Crippen molar-refractivity contribution in [2.45, 2.75) is 6.61 Å². The molecule has 0 saturated heterocycles. The van der Waals surface area contributed by atoms with Crippen molar-refractivity contribution in [3.63, 3.8) is 0 Å². The first-order chi connectivity index (χ1) is 4.43. The molecule has 0 bridgehead atoms. The Morgan fingerprint density at radius 3 is 2.67 bits per heavy atom. The maximum atomic E-state index is 7.96. The molecule has 9 heavy (non-hydrogen) atoms. The van der Waals surface area contributed by atoms with Crippen LogP contribution in [0.4, 0.5) is 0 Å². The van der Waals surface area contributed by atoms with Gasteiger partial charge in [-0.05, 0) is 0 Å². The predicted octanol–water partition coefficient (Wildman–Crippen LogP) is 0.466. The summed E-state index contributed by atoms with van der Waals surface area (Å²) in [5.74, 6) is 0. The van der Waals surface area contributed by atoms with Crippen LogP contribution in [0.3, 0.4) is 0 Å². The van der Waals surface area contributed by atoms with Gasteiger partial charge in [-0.25, -0.2) is 14.9 Å². The zero-order chi connectivity index (χ0) is 6.53. The predicted molar refractivity (Wildman–Crippen MR) is 29.4 cm³/mol. The zero-order valence-corrected chi connectivity index (χ0v) is 4.69. The Kier molecular flexibility index (Phi) is 2.12. The van der Waals surface area contributed by atoms with Crippen LogP contribution in [0, 0.1) is 0 Å². The molecule has 0 aromatic carbocycles. The summed E-state index contributed by atoms with van der Waals surface area (Å²) in [4.78, 5) is 11.2. The summed E-state index contributed by atoms with van der Waals surface area (Å²) in [5.41, 5.74) is 0.750. The van der Waals surface area contributed by atoms with E-state index < -0.39 is 0 Å². The van der Waals surface area contributed by atoms with Crippen LogP contribution in [-0.2, 0) is 11.5 Å². The van der Waals surface area contributed by atoms with E-state index in [2.05, 4.69) is 14.9 Å². The second-order valence-corrected chi connectivity index (χ2v) is 1.52. The van der Waals surface area contributed by atoms with E-state index >= 15 is 0 Å². The van der Waals surface area contributed by atoms with Gasteiger partial charge in [0.25, 0.3) is 0 Å². The summed E-state index contributed by atoms with van der Waals surface area (Å²) < 4.78 is 0. The molecule has 0 aliphatic rings. The second-order valence-electron chi connectivity index (χ2n) is 1.52. The molecule has 48 valence electrons. The van der Waals surface area contributed by atoms with Crippen LogP contribution in [0.15, 0.2) is 18.7 Å². The van der Waals surface area contributed by atoms with Gasteiger partial charge < -0.3 is 0 Å². The standard InChI is InChI=1S/C5H6N2O2/c8-9-3-5-1-6-4-7-2-5/h1-2,4,8H,3H2. The minimum absolute atomic E-state index is 0.140. The molecule has 1 aromatic heterocycles. The van der Waals surface area contributed by atoms with Gasteiger partial charge in [-0.15, -0.1) is 0 Å². The van der Waals surface area contributed by atoms with Gasteiger partial charge in [0, 0.05) is 18.0 Å². The Labute approximate surface area is 52.1 Å². The van der Waals surface area contributed by atoms with E-state index in [0.29, 0.717) is 0 Å². The monoisotopic (exact) mass is 126 g/mol. The lowest BCUT2D eigenvalue weighted by Gasteiger charge is -1.92. The van der Waals surface area contributed by atoms with Crippen LogP contribution in [0.25, 0.3) is 0 Å². The Balaban J connectivity index is 2.61. The third-order valence-corrected chi connectivity index (χ3v) is 0.845. The summed E-state index contributed by atoms with van der Waals surface area (Å²) in [7, 11) is 0. The van der Waals surface area contributed by atoms with Crippen LogP contribution in [-0.4, -0.2) is 15.2 Å². The average molecular weight is 126 g/mol. The van der Waals surface area contributed by atoms with E-state index in [-0.39, 0.29) is 6.61 Å². The van der Waals surface area contributed by atoms with Gasteiger partial charge >= 0.3 is 0 Å². The first-order valence-electron chi connectivity index (χ1n) is 2.43. The van der Waals surface area contributed by atoms with Crippen LogP contribution in [0.5, 0.6) is 0 Å². The highest BCUT2D eigenvalue weighted by Crippen LogP contribution is 1.92. The molecule has 0 fully saturated rings. The van der Waals surface area contributed by atoms with E-state index in [1.165, 1.54) is 6.33 Å². The lowest BCUT2D eigenvalue weighted by atomic mass is 10.4. The van der Waals surface area contributed by atoms with Crippen molar-refractivity contribution in [2.24, 2.45) is 0 Å². The van der Waals surface area contributed by atoms with Gasteiger partial charge in [0.05, 0.1) is 0 Å². The molecule has 0 unspecified atom stereocenters. The molecule has 4 heteroatoms. The van der Waals surface area contributed by atoms with Gasteiger partial charge in [-0.3, -0.25) is 5.26 Å². The van der Waals surface area contributed by atoms with Gasteiger partial charge in [0.15, 0.2) is 0 Å². The third-order valence-electron chi connectivity index (χ3n) is 0.845. The van der Waals surface area contributed by atoms with E-state index in [4.69, 9.17) is 5.26 Å². The highest BCUT2D eigenvalue weighted by atomic mass is 17.1. The Morgan fingerprint density at radius 1 is 1.44 bits per heavy atom. The normalized spacial score (nSPS) is 9.44. The number of aromatic nitrogens is 2. The summed E-state index contributed by atoms with van der Waals surface area (Å²) in [5, 5.41) is 7.96. The first-order valence-corrected chi connectivity index (χ1v) is 2.43. The molecule has 1 rings (SSSR count). The van der Waals surface area contributed by atoms with Gasteiger partial charge in [0.2, 0.25) is 0 Å². The van der Waals surface area contributed by atoms with E-state index in [1.54, 1.807) is 12.4 Å². The highest BCUT2D eigenvalue weighted by molar-refractivity contribution is 4.99. The SMILES string of the molecule is OOCc1cncnc1. The maximum Gasteiger partial charge on any atom is 0.115 e. The van der Waals surface area contributed by atoms with Crippen molar-refractivity contribution in [3.8, 4) is 0 Å². The molecular weight excluding hydrogens is 120 g/mol. The van der Waals surface area contributed by atoms with Gasteiger partial charge in [-0.2, -0.15) is 0 Å². The van der Waals surface area contributed by atoms with Gasteiger partial charge in [0.1, 0.15) is 12.9 Å². The topological polar surface area (TPSA) is 55.2 Å². The third kappa shape index (κ3) is 1.75. The van der Waals surface area contributed by atoms with Gasteiger partial charge in [-0.1, -0.05) is 0 Å². The number of nitrogens with zero attached hydrogens (tertiary/aromatic N) is 2. The first kappa shape index (κ1) is 6.12. The van der Waals surface area contributed by atoms with Crippen molar-refractivity contribution < 1.29 is 10.1 Å². The van der Waals surface area contributed by atoms with Crippen molar-refractivity contribution in [2.75, 3.05) is 0 Å². The summed E-state index contributed by atoms with van der Waals surface area (Å²) in [6, 6.07) is 0. The Bertz CT molecular complexity index is 166. The average Bonchev–Trinajstić information content (AvgIpc) is 1.91. The molecule has 0 saturated carbocycles. The molecule has 4 nitrogen and oxygen atoms in total.